The van der Waals surface area contributed by atoms with E-state index in [2.05, 4.69) is 36.9 Å². The number of hydrogen-bond acceptors (Lipinski definition) is 3. The summed E-state index contributed by atoms with van der Waals surface area (Å²) >= 11 is 0. The van der Waals surface area contributed by atoms with Gasteiger partial charge in [-0.1, -0.05) is 32.4 Å². The van der Waals surface area contributed by atoms with E-state index >= 15 is 0 Å². The van der Waals surface area contributed by atoms with Crippen LogP contribution in [0, 0.1) is 5.41 Å². The molecule has 0 spiro atoms. The molecule has 1 aliphatic heterocycles. The highest BCUT2D eigenvalue weighted by Crippen LogP contribution is 2.33. The maximum atomic E-state index is 6.01. The number of rotatable bonds is 5. The molecule has 0 saturated carbocycles. The third-order valence-electron chi connectivity index (χ3n) is 3.95. The number of nitrogens with two attached hydrogens (primary N) is 1. The third kappa shape index (κ3) is 3.41. The maximum absolute atomic E-state index is 6.01. The first kappa shape index (κ1) is 14.2. The second kappa shape index (κ2) is 6.29. The zero-order valence-corrected chi connectivity index (χ0v) is 12.2. The summed E-state index contributed by atoms with van der Waals surface area (Å²) in [5, 5.41) is 0. The number of ether oxygens (including phenoxy) is 1. The largest absolute Gasteiger partial charge is 0.491 e. The van der Waals surface area contributed by atoms with E-state index in [1.807, 2.05) is 6.07 Å². The normalized spacial score (nSPS) is 18.2. The average molecular weight is 262 g/mol. The van der Waals surface area contributed by atoms with E-state index in [0.717, 1.165) is 38.4 Å². The van der Waals surface area contributed by atoms with Crippen LogP contribution in [0.2, 0.25) is 0 Å². The maximum Gasteiger partial charge on any atom is 0.142 e. The highest BCUT2D eigenvalue weighted by atomic mass is 16.5. The Morgan fingerprint density at radius 2 is 2.16 bits per heavy atom. The van der Waals surface area contributed by atoms with Crippen molar-refractivity contribution in [3.63, 3.8) is 0 Å². The lowest BCUT2D eigenvalue weighted by molar-refractivity contribution is 0.304. The van der Waals surface area contributed by atoms with Gasteiger partial charge in [0.05, 0.1) is 12.3 Å². The van der Waals surface area contributed by atoms with Crippen molar-refractivity contribution in [1.82, 2.24) is 0 Å². The molecule has 0 fully saturated rings. The fourth-order valence-electron chi connectivity index (χ4n) is 2.87. The summed E-state index contributed by atoms with van der Waals surface area (Å²) in [6, 6.07) is 8.34. The fourth-order valence-corrected chi connectivity index (χ4v) is 2.87. The van der Waals surface area contributed by atoms with Crippen LogP contribution in [0.3, 0.4) is 0 Å². The molecule has 0 aliphatic carbocycles. The average Bonchev–Trinajstić information content (AvgIpc) is 2.62. The molecule has 1 aromatic carbocycles. The molecule has 3 nitrogen and oxygen atoms in total. The number of anilines is 1. The van der Waals surface area contributed by atoms with Crippen LogP contribution >= 0.6 is 0 Å². The van der Waals surface area contributed by atoms with Gasteiger partial charge in [-0.25, -0.2) is 0 Å². The Hall–Kier alpha value is -1.22. The smallest absolute Gasteiger partial charge is 0.142 e. The number of hydrogen-bond donors (Lipinski definition) is 1. The Kier molecular flexibility index (Phi) is 4.70. The van der Waals surface area contributed by atoms with Crippen molar-refractivity contribution in [2.45, 2.75) is 33.1 Å². The van der Waals surface area contributed by atoms with Crippen molar-refractivity contribution in [3.8, 4) is 5.75 Å². The first-order valence-electron chi connectivity index (χ1n) is 7.35. The van der Waals surface area contributed by atoms with Gasteiger partial charge in [0.25, 0.3) is 0 Å². The molecule has 1 aromatic rings. The van der Waals surface area contributed by atoms with Crippen LogP contribution in [0.15, 0.2) is 24.3 Å². The van der Waals surface area contributed by atoms with Crippen LogP contribution in [-0.4, -0.2) is 26.2 Å². The van der Waals surface area contributed by atoms with Crippen LogP contribution in [0.5, 0.6) is 5.75 Å². The second-order valence-electron chi connectivity index (χ2n) is 5.86. The van der Waals surface area contributed by atoms with Crippen molar-refractivity contribution < 1.29 is 4.74 Å². The van der Waals surface area contributed by atoms with E-state index in [4.69, 9.17) is 10.5 Å². The molecule has 19 heavy (non-hydrogen) atoms. The Balaban J connectivity index is 2.19. The molecule has 0 radical (unpaired) electrons. The first-order chi connectivity index (χ1) is 9.18. The molecule has 1 atom stereocenters. The molecule has 0 amide bonds. The number of para-hydroxylation sites is 2. The topological polar surface area (TPSA) is 38.5 Å². The molecule has 0 saturated heterocycles. The van der Waals surface area contributed by atoms with E-state index in [-0.39, 0.29) is 5.41 Å². The van der Waals surface area contributed by atoms with Gasteiger partial charge < -0.3 is 15.4 Å². The van der Waals surface area contributed by atoms with E-state index in [1.54, 1.807) is 0 Å². The van der Waals surface area contributed by atoms with Crippen LogP contribution in [0.4, 0.5) is 5.69 Å². The zero-order valence-electron chi connectivity index (χ0n) is 12.2. The van der Waals surface area contributed by atoms with Crippen LogP contribution in [0.1, 0.15) is 33.1 Å². The standard InChI is InChI=1S/C16H26N2O/c1-3-9-16(2,12-17)13-18-10-6-11-19-15-8-5-4-7-14(15)18/h4-5,7-8H,3,6,9-13,17H2,1-2H3. The quantitative estimate of drug-likeness (QED) is 0.886. The van der Waals surface area contributed by atoms with Crippen molar-refractivity contribution in [2.75, 3.05) is 31.1 Å². The van der Waals surface area contributed by atoms with E-state index in [0.29, 0.717) is 0 Å². The van der Waals surface area contributed by atoms with Crippen molar-refractivity contribution in [1.29, 1.82) is 0 Å². The van der Waals surface area contributed by atoms with Gasteiger partial charge in [-0.3, -0.25) is 0 Å². The van der Waals surface area contributed by atoms with E-state index < -0.39 is 0 Å². The minimum Gasteiger partial charge on any atom is -0.491 e. The number of fused-ring (bicyclic) bond motifs is 1. The van der Waals surface area contributed by atoms with E-state index in [9.17, 15) is 0 Å². The Morgan fingerprint density at radius 1 is 1.37 bits per heavy atom. The fraction of sp³-hybridized carbons (Fsp3) is 0.625. The molecule has 1 aliphatic rings. The minimum atomic E-state index is 0.187. The number of benzene rings is 1. The molecule has 2 N–H and O–H groups in total. The van der Waals surface area contributed by atoms with Gasteiger partial charge in [0.2, 0.25) is 0 Å². The van der Waals surface area contributed by atoms with Crippen LogP contribution in [0.25, 0.3) is 0 Å². The minimum absolute atomic E-state index is 0.187. The van der Waals surface area contributed by atoms with Gasteiger partial charge in [0.15, 0.2) is 0 Å². The summed E-state index contributed by atoms with van der Waals surface area (Å²) in [7, 11) is 0. The zero-order chi connectivity index (χ0) is 13.7. The van der Waals surface area contributed by atoms with Crippen molar-refractivity contribution >= 4 is 5.69 Å². The Labute approximate surface area is 116 Å². The van der Waals surface area contributed by atoms with Gasteiger partial charge >= 0.3 is 0 Å². The van der Waals surface area contributed by atoms with Crippen molar-refractivity contribution in [2.24, 2.45) is 11.1 Å². The lowest BCUT2D eigenvalue weighted by Crippen LogP contribution is -2.41. The summed E-state index contributed by atoms with van der Waals surface area (Å²) in [5.74, 6) is 1.01. The molecule has 1 heterocycles. The summed E-state index contributed by atoms with van der Waals surface area (Å²) in [6.07, 6.45) is 3.42. The summed E-state index contributed by atoms with van der Waals surface area (Å²) in [6.45, 7) is 8.13. The van der Waals surface area contributed by atoms with Gasteiger partial charge in [0, 0.05) is 13.1 Å². The van der Waals surface area contributed by atoms with E-state index in [1.165, 1.54) is 18.5 Å². The molecule has 1 unspecified atom stereocenters. The lowest BCUT2D eigenvalue weighted by Gasteiger charge is -2.35. The SMILES string of the molecule is CCCC(C)(CN)CN1CCCOc2ccccc21. The first-order valence-corrected chi connectivity index (χ1v) is 7.35. The van der Waals surface area contributed by atoms with Crippen molar-refractivity contribution in [3.05, 3.63) is 24.3 Å². The summed E-state index contributed by atoms with van der Waals surface area (Å²) in [4.78, 5) is 2.45. The van der Waals surface area contributed by atoms with Gasteiger partial charge in [0.1, 0.15) is 5.75 Å². The number of nitrogens with zero attached hydrogens (tertiary/aromatic N) is 1. The molecular weight excluding hydrogens is 236 g/mol. The molecule has 106 valence electrons. The van der Waals surface area contributed by atoms with Gasteiger partial charge in [-0.2, -0.15) is 0 Å². The molecule has 3 heteroatoms. The lowest BCUT2D eigenvalue weighted by atomic mass is 9.85. The summed E-state index contributed by atoms with van der Waals surface area (Å²) in [5.41, 5.74) is 7.42. The predicted molar refractivity (Wildman–Crippen MR) is 80.8 cm³/mol. The monoisotopic (exact) mass is 262 g/mol. The van der Waals surface area contributed by atoms with Gasteiger partial charge in [-0.05, 0) is 36.9 Å². The second-order valence-corrected chi connectivity index (χ2v) is 5.86. The van der Waals surface area contributed by atoms with Gasteiger partial charge in [-0.15, -0.1) is 0 Å². The Morgan fingerprint density at radius 3 is 2.89 bits per heavy atom. The van der Waals surface area contributed by atoms with Crippen LogP contribution < -0.4 is 15.4 Å². The highest BCUT2D eigenvalue weighted by molar-refractivity contribution is 5.59. The summed E-state index contributed by atoms with van der Waals surface area (Å²) < 4.78 is 5.81. The third-order valence-corrected chi connectivity index (χ3v) is 3.95. The Bertz CT molecular complexity index is 407. The molecule has 0 aromatic heterocycles. The highest BCUT2D eigenvalue weighted by Gasteiger charge is 2.27. The van der Waals surface area contributed by atoms with Crippen LogP contribution in [-0.2, 0) is 0 Å². The predicted octanol–water partition coefficient (Wildman–Crippen LogP) is 3.04. The molecule has 2 rings (SSSR count). The molecule has 0 bridgehead atoms. The molecular formula is C16H26N2O.